The Balaban J connectivity index is 1.76. The summed E-state index contributed by atoms with van der Waals surface area (Å²) in [6.45, 7) is 5.71. The number of rotatable bonds is 3. The van der Waals surface area contributed by atoms with E-state index in [1.807, 2.05) is 20.8 Å². The number of benzene rings is 1. The average Bonchev–Trinajstić information content (AvgIpc) is 3.16. The van der Waals surface area contributed by atoms with Gasteiger partial charge in [0.05, 0.1) is 21.2 Å². The fourth-order valence-corrected chi connectivity index (χ4v) is 6.39. The first-order chi connectivity index (χ1) is 12.6. The molecule has 2 bridgehead atoms. The summed E-state index contributed by atoms with van der Waals surface area (Å²) in [5, 5.41) is 14.2. The molecule has 2 aliphatic carbocycles. The number of carbonyl (C=O) groups is 2. The molecule has 4 rings (SSSR count). The standard InChI is InChI=1S/C18H19BrN2O6/c1-16(2)17(3)4-5-18(16,13(19)14(17)22)15(23)20-9-6-11-12(27-8-26-11)7-10(9)21(24)25/h6-7,13H,4-5,8H2,1-3H3,(H,20,23). The summed E-state index contributed by atoms with van der Waals surface area (Å²) < 4.78 is 10.5. The number of anilines is 1. The third kappa shape index (κ3) is 2.03. The molecule has 9 heteroatoms. The van der Waals surface area contributed by atoms with Gasteiger partial charge in [0.25, 0.3) is 5.69 Å². The van der Waals surface area contributed by atoms with Gasteiger partial charge in [-0.2, -0.15) is 0 Å². The fourth-order valence-electron chi connectivity index (χ4n) is 4.87. The van der Waals surface area contributed by atoms with Crippen molar-refractivity contribution in [1.29, 1.82) is 0 Å². The van der Waals surface area contributed by atoms with E-state index >= 15 is 0 Å². The minimum atomic E-state index is -0.983. The second-order valence-electron chi connectivity index (χ2n) is 8.09. The van der Waals surface area contributed by atoms with Crippen LogP contribution in [-0.2, 0) is 9.59 Å². The maximum absolute atomic E-state index is 13.4. The number of carbonyl (C=O) groups excluding carboxylic acids is 2. The number of nitro benzene ring substituents is 1. The van der Waals surface area contributed by atoms with Crippen LogP contribution in [-0.4, -0.2) is 28.2 Å². The van der Waals surface area contributed by atoms with Gasteiger partial charge in [0.15, 0.2) is 17.3 Å². The molecule has 1 aromatic carbocycles. The average molecular weight is 439 g/mol. The van der Waals surface area contributed by atoms with Crippen molar-refractivity contribution in [2.45, 2.75) is 38.4 Å². The number of ether oxygens (including phenoxy) is 2. The molecule has 0 saturated heterocycles. The van der Waals surface area contributed by atoms with Crippen LogP contribution in [0.25, 0.3) is 0 Å². The number of halogens is 1. The minimum Gasteiger partial charge on any atom is -0.454 e. The molecular formula is C18H19BrN2O6. The number of Topliss-reactive ketones (excluding diaryl/α,β-unsaturated/α-hetero) is 1. The van der Waals surface area contributed by atoms with Crippen molar-refractivity contribution in [3.63, 3.8) is 0 Å². The number of ketones is 1. The van der Waals surface area contributed by atoms with Gasteiger partial charge in [-0.05, 0) is 18.3 Å². The van der Waals surface area contributed by atoms with E-state index in [1.54, 1.807) is 0 Å². The second kappa shape index (κ2) is 5.43. The lowest BCUT2D eigenvalue weighted by atomic mass is 9.64. The molecule has 3 unspecified atom stereocenters. The van der Waals surface area contributed by atoms with E-state index in [9.17, 15) is 19.7 Å². The van der Waals surface area contributed by atoms with Gasteiger partial charge in [0, 0.05) is 11.5 Å². The zero-order valence-corrected chi connectivity index (χ0v) is 16.7. The summed E-state index contributed by atoms with van der Waals surface area (Å²) in [6, 6.07) is 2.64. The Morgan fingerprint density at radius 2 is 1.89 bits per heavy atom. The number of amides is 1. The molecule has 0 radical (unpaired) electrons. The van der Waals surface area contributed by atoms with Crippen LogP contribution >= 0.6 is 15.9 Å². The third-order valence-corrected chi connectivity index (χ3v) is 8.26. The molecule has 2 fully saturated rings. The minimum absolute atomic E-state index is 0.00841. The highest BCUT2D eigenvalue weighted by Gasteiger charge is 2.76. The highest BCUT2D eigenvalue weighted by atomic mass is 79.9. The van der Waals surface area contributed by atoms with Crippen molar-refractivity contribution in [3.8, 4) is 11.5 Å². The first-order valence-corrected chi connectivity index (χ1v) is 9.56. The zero-order valence-electron chi connectivity index (χ0n) is 15.1. The summed E-state index contributed by atoms with van der Waals surface area (Å²) in [5.74, 6) is 0.211. The van der Waals surface area contributed by atoms with E-state index in [-0.39, 0.29) is 29.7 Å². The summed E-state index contributed by atoms with van der Waals surface area (Å²) in [4.78, 5) is 36.5. The fraction of sp³-hybridized carbons (Fsp3) is 0.556. The van der Waals surface area contributed by atoms with Gasteiger partial charge in [-0.15, -0.1) is 0 Å². The van der Waals surface area contributed by atoms with Crippen LogP contribution in [0.3, 0.4) is 0 Å². The van der Waals surface area contributed by atoms with Gasteiger partial charge in [-0.3, -0.25) is 19.7 Å². The number of nitro groups is 1. The van der Waals surface area contributed by atoms with Gasteiger partial charge >= 0.3 is 0 Å². The van der Waals surface area contributed by atoms with Crippen LogP contribution in [0.4, 0.5) is 11.4 Å². The van der Waals surface area contributed by atoms with Crippen LogP contribution in [0.15, 0.2) is 12.1 Å². The summed E-state index contributed by atoms with van der Waals surface area (Å²) in [7, 11) is 0. The number of alkyl halides is 1. The highest BCUT2D eigenvalue weighted by molar-refractivity contribution is 9.10. The number of hydrogen-bond acceptors (Lipinski definition) is 6. The Kier molecular flexibility index (Phi) is 3.67. The number of fused-ring (bicyclic) bond motifs is 3. The Morgan fingerprint density at radius 1 is 1.26 bits per heavy atom. The van der Waals surface area contributed by atoms with Crippen LogP contribution in [0.1, 0.15) is 33.6 Å². The van der Waals surface area contributed by atoms with E-state index in [4.69, 9.17) is 9.47 Å². The van der Waals surface area contributed by atoms with Crippen molar-refractivity contribution in [2.24, 2.45) is 16.2 Å². The molecule has 1 aromatic rings. The normalized spacial score (nSPS) is 32.6. The lowest BCUT2D eigenvalue weighted by molar-refractivity contribution is -0.384. The molecule has 3 aliphatic rings. The number of nitrogens with zero attached hydrogens (tertiary/aromatic N) is 1. The van der Waals surface area contributed by atoms with Crippen LogP contribution in [0, 0.1) is 26.4 Å². The smallest absolute Gasteiger partial charge is 0.296 e. The number of nitrogens with one attached hydrogen (secondary N) is 1. The monoisotopic (exact) mass is 438 g/mol. The highest BCUT2D eigenvalue weighted by Crippen LogP contribution is 2.72. The molecule has 8 nitrogen and oxygen atoms in total. The molecule has 0 spiro atoms. The summed E-state index contributed by atoms with van der Waals surface area (Å²) in [5.41, 5.74) is -2.44. The molecule has 2 saturated carbocycles. The van der Waals surface area contributed by atoms with Crippen molar-refractivity contribution < 1.29 is 24.0 Å². The lowest BCUT2D eigenvalue weighted by Crippen LogP contribution is -2.48. The molecule has 144 valence electrons. The van der Waals surface area contributed by atoms with Crippen LogP contribution in [0.2, 0.25) is 0 Å². The SMILES string of the molecule is CC12CCC(C(=O)Nc3cc4c(cc3[N+](=O)[O-])OCO4)(C(Br)C1=O)C2(C)C. The van der Waals surface area contributed by atoms with E-state index in [1.165, 1.54) is 12.1 Å². The molecule has 1 amide bonds. The molecular weight excluding hydrogens is 420 g/mol. The van der Waals surface area contributed by atoms with E-state index < -0.39 is 31.9 Å². The van der Waals surface area contributed by atoms with Gasteiger partial charge in [-0.1, -0.05) is 36.7 Å². The van der Waals surface area contributed by atoms with Crippen molar-refractivity contribution in [1.82, 2.24) is 0 Å². The van der Waals surface area contributed by atoms with Crippen molar-refractivity contribution in [3.05, 3.63) is 22.2 Å². The first-order valence-electron chi connectivity index (χ1n) is 8.64. The molecule has 3 atom stereocenters. The maximum atomic E-state index is 13.4. The molecule has 1 N–H and O–H groups in total. The molecule has 1 aliphatic heterocycles. The summed E-state index contributed by atoms with van der Waals surface area (Å²) >= 11 is 3.45. The Morgan fingerprint density at radius 3 is 2.44 bits per heavy atom. The topological polar surface area (TPSA) is 108 Å². The third-order valence-electron chi connectivity index (χ3n) is 7.06. The Hall–Kier alpha value is -2.16. The van der Waals surface area contributed by atoms with E-state index in [2.05, 4.69) is 21.2 Å². The van der Waals surface area contributed by atoms with Crippen LogP contribution < -0.4 is 14.8 Å². The van der Waals surface area contributed by atoms with Gasteiger partial charge < -0.3 is 14.8 Å². The molecule has 1 heterocycles. The zero-order chi connectivity index (χ0) is 19.8. The van der Waals surface area contributed by atoms with Gasteiger partial charge in [-0.25, -0.2) is 0 Å². The Labute approximate surface area is 163 Å². The van der Waals surface area contributed by atoms with Crippen molar-refractivity contribution >= 4 is 39.0 Å². The largest absolute Gasteiger partial charge is 0.454 e. The predicted octanol–water partition coefficient (Wildman–Crippen LogP) is 3.42. The van der Waals surface area contributed by atoms with Gasteiger partial charge in [0.2, 0.25) is 12.7 Å². The lowest BCUT2D eigenvalue weighted by Gasteiger charge is -2.39. The second-order valence-corrected chi connectivity index (χ2v) is 9.00. The first kappa shape index (κ1) is 18.2. The predicted molar refractivity (Wildman–Crippen MR) is 99.1 cm³/mol. The Bertz CT molecular complexity index is 900. The van der Waals surface area contributed by atoms with Crippen molar-refractivity contribution in [2.75, 3.05) is 12.1 Å². The molecule has 0 aromatic heterocycles. The van der Waals surface area contributed by atoms with E-state index in [0.29, 0.717) is 18.6 Å². The number of hydrogen-bond donors (Lipinski definition) is 1. The van der Waals surface area contributed by atoms with Crippen LogP contribution in [0.5, 0.6) is 11.5 Å². The summed E-state index contributed by atoms with van der Waals surface area (Å²) in [6.07, 6.45) is 1.14. The quantitative estimate of drug-likeness (QED) is 0.439. The molecule has 27 heavy (non-hydrogen) atoms. The maximum Gasteiger partial charge on any atom is 0.296 e. The van der Waals surface area contributed by atoms with E-state index in [0.717, 1.165) is 0 Å². The van der Waals surface area contributed by atoms with Gasteiger partial charge in [0.1, 0.15) is 5.69 Å².